The number of nitrogens with one attached hydrogen (secondary N) is 1. The van der Waals surface area contributed by atoms with E-state index in [9.17, 15) is 18.8 Å². The Bertz CT molecular complexity index is 994. The lowest BCUT2D eigenvalue weighted by Crippen LogP contribution is -2.36. The van der Waals surface area contributed by atoms with E-state index in [4.69, 9.17) is 4.74 Å². The number of amides is 3. The van der Waals surface area contributed by atoms with Crippen LogP contribution < -0.4 is 10.1 Å². The van der Waals surface area contributed by atoms with Crippen LogP contribution in [0.5, 0.6) is 5.75 Å². The van der Waals surface area contributed by atoms with Gasteiger partial charge in [0.05, 0.1) is 16.0 Å². The van der Waals surface area contributed by atoms with Crippen molar-refractivity contribution in [2.75, 3.05) is 18.5 Å². The number of ether oxygens (including phenoxy) is 1. The maximum atomic E-state index is 12.9. The first-order valence-electron chi connectivity index (χ1n) is 8.60. The molecular formula is C20H16BrFN2O4S. The van der Waals surface area contributed by atoms with E-state index in [0.29, 0.717) is 23.6 Å². The number of benzene rings is 2. The average molecular weight is 479 g/mol. The molecule has 3 amide bonds. The number of hydrogen-bond donors (Lipinski definition) is 1. The van der Waals surface area contributed by atoms with E-state index >= 15 is 0 Å². The van der Waals surface area contributed by atoms with Crippen LogP contribution in [0.25, 0.3) is 6.08 Å². The highest BCUT2D eigenvalue weighted by Crippen LogP contribution is 2.33. The van der Waals surface area contributed by atoms with Gasteiger partial charge in [-0.25, -0.2) is 4.39 Å². The summed E-state index contributed by atoms with van der Waals surface area (Å²) in [5.74, 6) is -0.849. The molecule has 1 aliphatic rings. The van der Waals surface area contributed by atoms with E-state index in [1.165, 1.54) is 24.3 Å². The number of carbonyl (C=O) groups is 3. The average Bonchev–Trinajstić information content (AvgIpc) is 2.93. The van der Waals surface area contributed by atoms with Crippen molar-refractivity contribution < 1.29 is 23.5 Å². The summed E-state index contributed by atoms with van der Waals surface area (Å²) >= 11 is 4.17. The van der Waals surface area contributed by atoms with Crippen LogP contribution in [0.2, 0.25) is 0 Å². The molecule has 1 fully saturated rings. The minimum absolute atomic E-state index is 0.223. The van der Waals surface area contributed by atoms with Crippen LogP contribution in [0, 0.1) is 5.82 Å². The Balaban J connectivity index is 1.69. The normalized spacial score (nSPS) is 15.1. The van der Waals surface area contributed by atoms with E-state index in [-0.39, 0.29) is 4.91 Å². The molecule has 2 aromatic rings. The third-order valence-electron chi connectivity index (χ3n) is 3.86. The number of carbonyl (C=O) groups excluding carboxylic acids is 3. The molecule has 0 saturated carbocycles. The Morgan fingerprint density at radius 2 is 1.97 bits per heavy atom. The molecule has 0 unspecified atom stereocenters. The molecule has 9 heteroatoms. The summed E-state index contributed by atoms with van der Waals surface area (Å²) in [6, 6.07) is 10.5. The molecule has 1 saturated heterocycles. The third kappa shape index (κ3) is 5.24. The molecular weight excluding hydrogens is 463 g/mol. The maximum Gasteiger partial charge on any atom is 0.294 e. The third-order valence-corrected chi connectivity index (χ3v) is 5.38. The molecule has 0 radical (unpaired) electrons. The summed E-state index contributed by atoms with van der Waals surface area (Å²) < 4.78 is 19.1. The fraction of sp³-hybridized carbons (Fsp3) is 0.150. The first-order valence-corrected chi connectivity index (χ1v) is 10.2. The molecule has 3 rings (SSSR count). The summed E-state index contributed by atoms with van der Waals surface area (Å²) in [7, 11) is 0. The zero-order valence-electron chi connectivity index (χ0n) is 15.3. The fourth-order valence-corrected chi connectivity index (χ4v) is 3.89. The van der Waals surface area contributed by atoms with Crippen LogP contribution in [0.15, 0.2) is 51.8 Å². The minimum atomic E-state index is -0.552. The lowest BCUT2D eigenvalue weighted by Gasteiger charge is -2.12. The van der Waals surface area contributed by atoms with Crippen molar-refractivity contribution in [3.63, 3.8) is 0 Å². The van der Waals surface area contributed by atoms with Gasteiger partial charge < -0.3 is 10.1 Å². The van der Waals surface area contributed by atoms with Crippen molar-refractivity contribution in [3.05, 3.63) is 63.2 Å². The highest BCUT2D eigenvalue weighted by molar-refractivity contribution is 9.10. The second-order valence-electron chi connectivity index (χ2n) is 5.95. The van der Waals surface area contributed by atoms with Gasteiger partial charge in [-0.2, -0.15) is 0 Å². The minimum Gasteiger partial charge on any atom is -0.493 e. The quantitative estimate of drug-likeness (QED) is 0.610. The molecule has 150 valence electrons. The molecule has 1 aliphatic heterocycles. The van der Waals surface area contributed by atoms with E-state index in [1.54, 1.807) is 24.3 Å². The summed E-state index contributed by atoms with van der Waals surface area (Å²) in [5, 5.41) is 2.00. The number of anilines is 1. The van der Waals surface area contributed by atoms with Gasteiger partial charge in [-0.1, -0.05) is 6.07 Å². The van der Waals surface area contributed by atoms with Gasteiger partial charge in [0.2, 0.25) is 5.91 Å². The Labute approximate surface area is 179 Å². The smallest absolute Gasteiger partial charge is 0.294 e. The van der Waals surface area contributed by atoms with Crippen LogP contribution in [0.4, 0.5) is 14.9 Å². The predicted molar refractivity (Wildman–Crippen MR) is 113 cm³/mol. The van der Waals surface area contributed by atoms with Gasteiger partial charge in [0, 0.05) is 5.69 Å². The van der Waals surface area contributed by atoms with Gasteiger partial charge in [-0.05, 0) is 82.7 Å². The lowest BCUT2D eigenvalue weighted by molar-refractivity contribution is -0.127. The van der Waals surface area contributed by atoms with Crippen molar-refractivity contribution >= 4 is 56.5 Å². The molecule has 2 aromatic carbocycles. The number of hydrogen-bond acceptors (Lipinski definition) is 5. The van der Waals surface area contributed by atoms with E-state index in [1.807, 2.05) is 6.92 Å². The van der Waals surface area contributed by atoms with Crippen LogP contribution >= 0.6 is 27.7 Å². The van der Waals surface area contributed by atoms with Gasteiger partial charge in [0.1, 0.15) is 18.1 Å². The van der Waals surface area contributed by atoms with Crippen molar-refractivity contribution in [2.24, 2.45) is 0 Å². The van der Waals surface area contributed by atoms with Gasteiger partial charge in [0.25, 0.3) is 11.1 Å². The molecule has 29 heavy (non-hydrogen) atoms. The highest BCUT2D eigenvalue weighted by Gasteiger charge is 2.36. The summed E-state index contributed by atoms with van der Waals surface area (Å²) in [5.41, 5.74) is 1.08. The molecule has 0 aliphatic carbocycles. The zero-order valence-corrected chi connectivity index (χ0v) is 17.7. The van der Waals surface area contributed by atoms with E-state index in [2.05, 4.69) is 21.2 Å². The topological polar surface area (TPSA) is 75.7 Å². The van der Waals surface area contributed by atoms with Crippen molar-refractivity contribution in [3.8, 4) is 5.75 Å². The Morgan fingerprint density at radius 1 is 1.24 bits per heavy atom. The maximum absolute atomic E-state index is 12.9. The van der Waals surface area contributed by atoms with Gasteiger partial charge in [0.15, 0.2) is 0 Å². The second kappa shape index (κ2) is 9.23. The molecule has 0 aromatic heterocycles. The zero-order chi connectivity index (χ0) is 21.0. The predicted octanol–water partition coefficient (Wildman–Crippen LogP) is 4.66. The fourth-order valence-electron chi connectivity index (χ4n) is 2.54. The van der Waals surface area contributed by atoms with E-state index < -0.39 is 29.4 Å². The standard InChI is InChI=1S/C20H16BrFN2O4S/c1-2-28-16-8-3-12(9-15(16)21)10-17-19(26)24(20(27)29-17)11-18(25)23-14-6-4-13(22)5-7-14/h3-10H,2,11H2,1H3,(H,23,25)/b17-10-. The summed E-state index contributed by atoms with van der Waals surface area (Å²) in [6.07, 6.45) is 1.59. The largest absolute Gasteiger partial charge is 0.493 e. The molecule has 0 spiro atoms. The van der Waals surface area contributed by atoms with Crippen LogP contribution in [0.3, 0.4) is 0 Å². The number of thioether (sulfide) groups is 1. The van der Waals surface area contributed by atoms with Crippen LogP contribution in [-0.4, -0.2) is 35.1 Å². The molecule has 1 N–H and O–H groups in total. The van der Waals surface area contributed by atoms with Gasteiger partial charge in [-0.3, -0.25) is 19.3 Å². The highest BCUT2D eigenvalue weighted by atomic mass is 79.9. The number of nitrogens with zero attached hydrogens (tertiary/aromatic N) is 1. The summed E-state index contributed by atoms with van der Waals surface area (Å²) in [4.78, 5) is 38.0. The second-order valence-corrected chi connectivity index (χ2v) is 7.79. The number of rotatable bonds is 6. The first-order chi connectivity index (χ1) is 13.9. The van der Waals surface area contributed by atoms with Gasteiger partial charge >= 0.3 is 0 Å². The van der Waals surface area contributed by atoms with Crippen LogP contribution in [-0.2, 0) is 9.59 Å². The molecule has 0 atom stereocenters. The monoisotopic (exact) mass is 478 g/mol. The molecule has 0 bridgehead atoms. The SMILES string of the molecule is CCOc1ccc(/C=C2\SC(=O)N(CC(=O)Nc3ccc(F)cc3)C2=O)cc1Br. The Morgan fingerprint density at radius 3 is 2.62 bits per heavy atom. The lowest BCUT2D eigenvalue weighted by atomic mass is 10.2. The Hall–Kier alpha value is -2.65. The summed E-state index contributed by atoms with van der Waals surface area (Å²) in [6.45, 7) is 1.98. The Kier molecular flexibility index (Phi) is 6.71. The number of imide groups is 1. The van der Waals surface area contributed by atoms with E-state index in [0.717, 1.165) is 21.1 Å². The number of halogens is 2. The molecule has 6 nitrogen and oxygen atoms in total. The molecule has 1 heterocycles. The van der Waals surface area contributed by atoms with Crippen LogP contribution in [0.1, 0.15) is 12.5 Å². The van der Waals surface area contributed by atoms with Crippen molar-refractivity contribution in [1.29, 1.82) is 0 Å². The first kappa shape index (κ1) is 21.1. The van der Waals surface area contributed by atoms with Crippen molar-refractivity contribution in [1.82, 2.24) is 4.90 Å². The van der Waals surface area contributed by atoms with Gasteiger partial charge in [-0.15, -0.1) is 0 Å². The van der Waals surface area contributed by atoms with Crippen molar-refractivity contribution in [2.45, 2.75) is 6.92 Å².